The average molecular weight is 259 g/mol. The van der Waals surface area contributed by atoms with Crippen LogP contribution in [0.3, 0.4) is 0 Å². The summed E-state index contributed by atoms with van der Waals surface area (Å²) < 4.78 is 26.6. The van der Waals surface area contributed by atoms with Gasteiger partial charge in [-0.3, -0.25) is 0 Å². The highest BCUT2D eigenvalue weighted by Crippen LogP contribution is 2.44. The summed E-state index contributed by atoms with van der Waals surface area (Å²) in [6, 6.07) is 4.29. The first-order chi connectivity index (χ1) is 8.03. The van der Waals surface area contributed by atoms with Gasteiger partial charge in [0.05, 0.1) is 0 Å². The van der Waals surface area contributed by atoms with Crippen molar-refractivity contribution in [2.24, 2.45) is 5.41 Å². The minimum Gasteiger partial charge on any atom is -0.204 e. The summed E-state index contributed by atoms with van der Waals surface area (Å²) in [5, 5.41) is -0.124. The first-order valence-electron chi connectivity index (χ1n) is 6.10. The lowest BCUT2D eigenvalue weighted by molar-refractivity contribution is 0.314. The second kappa shape index (κ2) is 4.93. The van der Waals surface area contributed by atoms with Gasteiger partial charge in [0.25, 0.3) is 0 Å². The molecule has 17 heavy (non-hydrogen) atoms. The summed E-state index contributed by atoms with van der Waals surface area (Å²) in [7, 11) is 0. The molecule has 0 N–H and O–H groups in total. The first kappa shape index (κ1) is 12.8. The Morgan fingerprint density at radius 2 is 1.94 bits per heavy atom. The number of alkyl halides is 1. The van der Waals surface area contributed by atoms with Crippen LogP contribution in [0.2, 0.25) is 0 Å². The fourth-order valence-corrected chi connectivity index (χ4v) is 3.03. The van der Waals surface area contributed by atoms with Crippen molar-refractivity contribution in [3.8, 4) is 0 Å². The molecule has 0 bridgehead atoms. The van der Waals surface area contributed by atoms with E-state index >= 15 is 0 Å². The molecule has 94 valence electrons. The first-order valence-corrected chi connectivity index (χ1v) is 6.53. The van der Waals surface area contributed by atoms with Crippen molar-refractivity contribution in [3.05, 3.63) is 35.4 Å². The molecule has 1 aliphatic rings. The third kappa shape index (κ3) is 2.62. The zero-order valence-corrected chi connectivity index (χ0v) is 10.7. The van der Waals surface area contributed by atoms with E-state index in [1.165, 1.54) is 18.9 Å². The average Bonchev–Trinajstić information content (AvgIpc) is 2.73. The Hall–Kier alpha value is -0.630. The number of benzene rings is 1. The van der Waals surface area contributed by atoms with Gasteiger partial charge in [0.15, 0.2) is 11.6 Å². The van der Waals surface area contributed by atoms with Gasteiger partial charge in [0.2, 0.25) is 0 Å². The summed E-state index contributed by atoms with van der Waals surface area (Å²) >= 11 is 6.40. The van der Waals surface area contributed by atoms with Gasteiger partial charge in [0.1, 0.15) is 0 Å². The van der Waals surface area contributed by atoms with Crippen molar-refractivity contribution in [3.63, 3.8) is 0 Å². The molecule has 1 atom stereocenters. The van der Waals surface area contributed by atoms with E-state index in [0.29, 0.717) is 12.0 Å². The van der Waals surface area contributed by atoms with E-state index < -0.39 is 11.6 Å². The summed E-state index contributed by atoms with van der Waals surface area (Å²) in [4.78, 5) is 0. The van der Waals surface area contributed by atoms with Crippen molar-refractivity contribution < 1.29 is 8.78 Å². The van der Waals surface area contributed by atoms with Crippen LogP contribution in [0.1, 0.15) is 38.2 Å². The molecule has 0 saturated heterocycles. The molecule has 3 heteroatoms. The van der Waals surface area contributed by atoms with Gasteiger partial charge in [-0.05, 0) is 36.3 Å². The summed E-state index contributed by atoms with van der Waals surface area (Å²) in [5.74, 6) is -1.54. The van der Waals surface area contributed by atoms with Crippen molar-refractivity contribution in [1.29, 1.82) is 0 Å². The maximum atomic E-state index is 13.5. The van der Waals surface area contributed by atoms with Gasteiger partial charge in [-0.25, -0.2) is 8.78 Å². The Kier molecular flexibility index (Phi) is 3.72. The van der Waals surface area contributed by atoms with E-state index in [1.54, 1.807) is 6.07 Å². The number of rotatable bonds is 3. The normalized spacial score (nSPS) is 20.5. The predicted molar refractivity (Wildman–Crippen MR) is 66.3 cm³/mol. The third-order valence-corrected chi connectivity index (χ3v) is 4.61. The zero-order chi connectivity index (χ0) is 12.5. The lowest BCUT2D eigenvalue weighted by Crippen LogP contribution is -2.27. The Morgan fingerprint density at radius 1 is 1.29 bits per heavy atom. The monoisotopic (exact) mass is 258 g/mol. The maximum absolute atomic E-state index is 13.5. The topological polar surface area (TPSA) is 0 Å². The molecule has 0 radical (unpaired) electrons. The minimum absolute atomic E-state index is 0.0698. The molecule has 1 aliphatic carbocycles. The van der Waals surface area contributed by atoms with Crippen LogP contribution in [0.5, 0.6) is 0 Å². The maximum Gasteiger partial charge on any atom is 0.162 e. The van der Waals surface area contributed by atoms with Crippen LogP contribution >= 0.6 is 11.6 Å². The molecule has 1 aromatic rings. The smallest absolute Gasteiger partial charge is 0.162 e. The van der Waals surface area contributed by atoms with E-state index in [1.807, 2.05) is 0 Å². The largest absolute Gasteiger partial charge is 0.204 e. The fourth-order valence-electron chi connectivity index (χ4n) is 2.64. The SMILES string of the molecule is CC1(C(Cl)Cc2cccc(F)c2F)CCCC1. The van der Waals surface area contributed by atoms with Gasteiger partial charge in [-0.1, -0.05) is 31.9 Å². The molecular formula is C14H17ClF2. The fraction of sp³-hybridized carbons (Fsp3) is 0.571. The number of hydrogen-bond donors (Lipinski definition) is 0. The lowest BCUT2D eigenvalue weighted by Gasteiger charge is -2.29. The molecule has 0 heterocycles. The highest BCUT2D eigenvalue weighted by molar-refractivity contribution is 6.21. The molecular weight excluding hydrogens is 242 g/mol. The van der Waals surface area contributed by atoms with Crippen molar-refractivity contribution in [2.75, 3.05) is 0 Å². The van der Waals surface area contributed by atoms with Gasteiger partial charge >= 0.3 is 0 Å². The quantitative estimate of drug-likeness (QED) is 0.690. The van der Waals surface area contributed by atoms with Crippen LogP contribution in [0.15, 0.2) is 18.2 Å². The molecule has 0 amide bonds. The van der Waals surface area contributed by atoms with Gasteiger partial charge in [-0.15, -0.1) is 11.6 Å². The van der Waals surface area contributed by atoms with Crippen LogP contribution in [0, 0.1) is 17.0 Å². The molecule has 1 aromatic carbocycles. The van der Waals surface area contributed by atoms with Gasteiger partial charge in [-0.2, -0.15) is 0 Å². The van der Waals surface area contributed by atoms with E-state index in [4.69, 9.17) is 11.6 Å². The van der Waals surface area contributed by atoms with Crippen LogP contribution < -0.4 is 0 Å². The van der Waals surface area contributed by atoms with E-state index in [2.05, 4.69) is 6.92 Å². The van der Waals surface area contributed by atoms with Gasteiger partial charge in [0, 0.05) is 5.38 Å². The Labute approximate surface area is 106 Å². The summed E-state index contributed by atoms with van der Waals surface area (Å²) in [6.45, 7) is 2.15. The van der Waals surface area contributed by atoms with Gasteiger partial charge < -0.3 is 0 Å². The van der Waals surface area contributed by atoms with Crippen LogP contribution in [-0.2, 0) is 6.42 Å². The molecule has 0 nitrogen and oxygen atoms in total. The van der Waals surface area contributed by atoms with E-state index in [-0.39, 0.29) is 10.8 Å². The van der Waals surface area contributed by atoms with Crippen molar-refractivity contribution >= 4 is 11.6 Å². The van der Waals surface area contributed by atoms with E-state index in [9.17, 15) is 8.78 Å². The van der Waals surface area contributed by atoms with Crippen molar-refractivity contribution in [2.45, 2.75) is 44.4 Å². The number of hydrogen-bond acceptors (Lipinski definition) is 0. The lowest BCUT2D eigenvalue weighted by atomic mass is 9.82. The molecule has 0 aromatic heterocycles. The van der Waals surface area contributed by atoms with E-state index in [0.717, 1.165) is 18.9 Å². The number of halogens is 3. The molecule has 1 fully saturated rings. The highest BCUT2D eigenvalue weighted by Gasteiger charge is 2.36. The van der Waals surface area contributed by atoms with Crippen LogP contribution in [0.25, 0.3) is 0 Å². The van der Waals surface area contributed by atoms with Crippen LogP contribution in [0.4, 0.5) is 8.78 Å². The highest BCUT2D eigenvalue weighted by atomic mass is 35.5. The van der Waals surface area contributed by atoms with Crippen LogP contribution in [-0.4, -0.2) is 5.38 Å². The molecule has 1 saturated carbocycles. The Morgan fingerprint density at radius 3 is 2.59 bits per heavy atom. The third-order valence-electron chi connectivity index (χ3n) is 3.93. The summed E-state index contributed by atoms with van der Waals surface area (Å²) in [6.07, 6.45) is 4.94. The van der Waals surface area contributed by atoms with Crippen molar-refractivity contribution in [1.82, 2.24) is 0 Å². The molecule has 0 spiro atoms. The predicted octanol–water partition coefficient (Wildman–Crippen LogP) is 4.70. The Bertz CT molecular complexity index is 397. The second-order valence-electron chi connectivity index (χ2n) is 5.25. The minimum atomic E-state index is -0.789. The second-order valence-corrected chi connectivity index (χ2v) is 5.77. The molecule has 0 aliphatic heterocycles. The Balaban J connectivity index is 2.12. The molecule has 2 rings (SSSR count). The molecule has 1 unspecified atom stereocenters. The zero-order valence-electron chi connectivity index (χ0n) is 9.98. The summed E-state index contributed by atoms with van der Waals surface area (Å²) in [5.41, 5.74) is 0.457. The standard InChI is InChI=1S/C14H17ClF2/c1-14(7-2-3-8-14)12(15)9-10-5-4-6-11(16)13(10)17/h4-6,12H,2-3,7-9H2,1H3.